The zero-order chi connectivity index (χ0) is 15.1. The van der Waals surface area contributed by atoms with Crippen LogP contribution in [-0.2, 0) is 4.79 Å². The van der Waals surface area contributed by atoms with Crippen LogP contribution in [0.3, 0.4) is 0 Å². The summed E-state index contributed by atoms with van der Waals surface area (Å²) in [4.78, 5) is 19.7. The maximum atomic E-state index is 12.8. The number of fused-ring (bicyclic) bond motifs is 1. The summed E-state index contributed by atoms with van der Waals surface area (Å²) < 4.78 is 0. The molecule has 3 aliphatic rings. The SMILES string of the molecule is CN1CC[C@H]2CN([C@H]3CCN(c4ccccc4)C3=O)C[C@H]2C1. The maximum absolute atomic E-state index is 12.8. The van der Waals surface area contributed by atoms with Gasteiger partial charge in [0.05, 0.1) is 6.04 Å². The lowest BCUT2D eigenvalue weighted by molar-refractivity contribution is -0.121. The van der Waals surface area contributed by atoms with Crippen LogP contribution in [0, 0.1) is 11.8 Å². The van der Waals surface area contributed by atoms with Crippen LogP contribution in [0.5, 0.6) is 0 Å². The first-order chi connectivity index (χ1) is 10.7. The van der Waals surface area contributed by atoms with E-state index in [1.165, 1.54) is 19.5 Å². The molecule has 118 valence electrons. The summed E-state index contributed by atoms with van der Waals surface area (Å²) in [5, 5.41) is 0. The van der Waals surface area contributed by atoms with Gasteiger partial charge >= 0.3 is 0 Å². The number of amides is 1. The Hall–Kier alpha value is -1.39. The van der Waals surface area contributed by atoms with E-state index in [0.29, 0.717) is 5.91 Å². The number of anilines is 1. The van der Waals surface area contributed by atoms with Crippen molar-refractivity contribution in [1.82, 2.24) is 9.80 Å². The number of hydrogen-bond acceptors (Lipinski definition) is 3. The van der Waals surface area contributed by atoms with Gasteiger partial charge in [0.25, 0.3) is 0 Å². The standard InChI is InChI=1S/C18H25N3O/c1-19-9-7-14-12-20(13-15(14)11-19)17-8-10-21(18(17)22)16-5-3-2-4-6-16/h2-6,14-15,17H,7-13H2,1H3/t14-,15+,17-/m0/s1. The molecule has 3 atom stereocenters. The maximum Gasteiger partial charge on any atom is 0.244 e. The summed E-state index contributed by atoms with van der Waals surface area (Å²) in [6.07, 6.45) is 2.27. The van der Waals surface area contributed by atoms with Crippen molar-refractivity contribution in [3.05, 3.63) is 30.3 Å². The van der Waals surface area contributed by atoms with Crippen molar-refractivity contribution in [3.8, 4) is 0 Å². The number of piperidine rings is 1. The highest BCUT2D eigenvalue weighted by Crippen LogP contribution is 2.34. The van der Waals surface area contributed by atoms with E-state index in [-0.39, 0.29) is 6.04 Å². The molecule has 0 bridgehead atoms. The van der Waals surface area contributed by atoms with E-state index >= 15 is 0 Å². The predicted octanol–water partition coefficient (Wildman–Crippen LogP) is 1.68. The van der Waals surface area contributed by atoms with E-state index < -0.39 is 0 Å². The minimum atomic E-state index is 0.108. The van der Waals surface area contributed by atoms with Gasteiger partial charge < -0.3 is 9.80 Å². The van der Waals surface area contributed by atoms with Crippen molar-refractivity contribution < 1.29 is 4.79 Å². The zero-order valence-electron chi connectivity index (χ0n) is 13.3. The summed E-state index contributed by atoms with van der Waals surface area (Å²) in [5.41, 5.74) is 1.05. The lowest BCUT2D eigenvalue weighted by Crippen LogP contribution is -2.41. The van der Waals surface area contributed by atoms with Gasteiger partial charge in [-0.15, -0.1) is 0 Å². The van der Waals surface area contributed by atoms with Crippen molar-refractivity contribution in [2.24, 2.45) is 11.8 Å². The normalized spacial score (nSPS) is 33.4. The molecular formula is C18H25N3O. The molecule has 22 heavy (non-hydrogen) atoms. The summed E-state index contributed by atoms with van der Waals surface area (Å²) in [6, 6.07) is 10.2. The highest BCUT2D eigenvalue weighted by atomic mass is 16.2. The summed E-state index contributed by atoms with van der Waals surface area (Å²) in [7, 11) is 2.22. The molecule has 0 aromatic heterocycles. The van der Waals surface area contributed by atoms with Crippen LogP contribution < -0.4 is 4.90 Å². The molecule has 3 fully saturated rings. The van der Waals surface area contributed by atoms with Crippen molar-refractivity contribution in [3.63, 3.8) is 0 Å². The van der Waals surface area contributed by atoms with E-state index in [9.17, 15) is 4.79 Å². The molecule has 4 nitrogen and oxygen atoms in total. The molecule has 4 heteroatoms. The second-order valence-corrected chi connectivity index (χ2v) is 7.15. The Labute approximate surface area is 132 Å². The van der Waals surface area contributed by atoms with Crippen molar-refractivity contribution >= 4 is 11.6 Å². The monoisotopic (exact) mass is 299 g/mol. The van der Waals surface area contributed by atoms with Gasteiger partial charge in [-0.3, -0.25) is 9.69 Å². The van der Waals surface area contributed by atoms with Crippen LogP contribution in [0.25, 0.3) is 0 Å². The third-order valence-corrected chi connectivity index (χ3v) is 5.72. The Morgan fingerprint density at radius 1 is 0.955 bits per heavy atom. The number of likely N-dealkylation sites (tertiary alicyclic amines) is 2. The van der Waals surface area contributed by atoms with Gasteiger partial charge in [0.2, 0.25) is 5.91 Å². The molecule has 3 heterocycles. The van der Waals surface area contributed by atoms with Crippen LogP contribution in [0.4, 0.5) is 5.69 Å². The molecule has 0 unspecified atom stereocenters. The molecule has 1 aromatic carbocycles. The lowest BCUT2D eigenvalue weighted by Gasteiger charge is -2.31. The smallest absolute Gasteiger partial charge is 0.244 e. The zero-order valence-corrected chi connectivity index (χ0v) is 13.3. The third kappa shape index (κ3) is 2.44. The Morgan fingerprint density at radius 2 is 1.73 bits per heavy atom. The van der Waals surface area contributed by atoms with Crippen molar-refractivity contribution in [2.75, 3.05) is 44.7 Å². The highest BCUT2D eigenvalue weighted by Gasteiger charge is 2.43. The van der Waals surface area contributed by atoms with Gasteiger partial charge in [0.1, 0.15) is 0 Å². The third-order valence-electron chi connectivity index (χ3n) is 5.72. The Morgan fingerprint density at radius 3 is 2.55 bits per heavy atom. The van der Waals surface area contributed by atoms with Gasteiger partial charge in [-0.05, 0) is 50.4 Å². The largest absolute Gasteiger partial charge is 0.311 e. The molecule has 0 saturated carbocycles. The molecule has 1 aromatic rings. The first kappa shape index (κ1) is 14.2. The van der Waals surface area contributed by atoms with Crippen LogP contribution in [0.2, 0.25) is 0 Å². The first-order valence-corrected chi connectivity index (χ1v) is 8.51. The summed E-state index contributed by atoms with van der Waals surface area (Å²) in [6.45, 7) is 5.50. The molecule has 0 aliphatic carbocycles. The average Bonchev–Trinajstić information content (AvgIpc) is 3.10. The second-order valence-electron chi connectivity index (χ2n) is 7.15. The van der Waals surface area contributed by atoms with Crippen LogP contribution >= 0.6 is 0 Å². The van der Waals surface area contributed by atoms with Gasteiger partial charge in [-0.25, -0.2) is 0 Å². The molecule has 0 N–H and O–H groups in total. The Balaban J connectivity index is 1.45. The van der Waals surface area contributed by atoms with Gasteiger partial charge in [-0.1, -0.05) is 18.2 Å². The molecule has 3 aliphatic heterocycles. The number of hydrogen-bond donors (Lipinski definition) is 0. The Bertz CT molecular complexity index is 547. The molecule has 4 rings (SSSR count). The van der Waals surface area contributed by atoms with Crippen LogP contribution in [-0.4, -0.2) is 61.5 Å². The van der Waals surface area contributed by atoms with Crippen molar-refractivity contribution in [1.29, 1.82) is 0 Å². The predicted molar refractivity (Wildman–Crippen MR) is 87.9 cm³/mol. The quantitative estimate of drug-likeness (QED) is 0.831. The summed E-state index contributed by atoms with van der Waals surface area (Å²) in [5.74, 6) is 1.87. The molecule has 0 radical (unpaired) electrons. The second kappa shape index (κ2) is 5.67. The first-order valence-electron chi connectivity index (χ1n) is 8.51. The van der Waals surface area contributed by atoms with E-state index in [1.54, 1.807) is 0 Å². The van der Waals surface area contributed by atoms with E-state index in [4.69, 9.17) is 0 Å². The van der Waals surface area contributed by atoms with E-state index in [2.05, 4.69) is 16.8 Å². The average molecular weight is 299 g/mol. The van der Waals surface area contributed by atoms with Crippen LogP contribution in [0.15, 0.2) is 30.3 Å². The van der Waals surface area contributed by atoms with Crippen molar-refractivity contribution in [2.45, 2.75) is 18.9 Å². The fourth-order valence-corrected chi connectivity index (χ4v) is 4.51. The van der Waals surface area contributed by atoms with E-state index in [1.807, 2.05) is 35.2 Å². The number of para-hydroxylation sites is 1. The molecule has 1 amide bonds. The topological polar surface area (TPSA) is 26.8 Å². The minimum Gasteiger partial charge on any atom is -0.311 e. The fourth-order valence-electron chi connectivity index (χ4n) is 4.51. The number of carbonyl (C=O) groups excluding carboxylic acids is 1. The van der Waals surface area contributed by atoms with Crippen LogP contribution in [0.1, 0.15) is 12.8 Å². The van der Waals surface area contributed by atoms with Gasteiger partial charge in [-0.2, -0.15) is 0 Å². The molecule has 3 saturated heterocycles. The number of benzene rings is 1. The number of carbonyl (C=O) groups is 1. The van der Waals surface area contributed by atoms with Gasteiger partial charge in [0, 0.05) is 31.9 Å². The summed E-state index contributed by atoms with van der Waals surface area (Å²) >= 11 is 0. The Kier molecular flexibility index (Phi) is 3.66. The highest BCUT2D eigenvalue weighted by molar-refractivity contribution is 5.99. The lowest BCUT2D eigenvalue weighted by atomic mass is 9.89. The minimum absolute atomic E-state index is 0.108. The van der Waals surface area contributed by atoms with E-state index in [0.717, 1.165) is 43.6 Å². The van der Waals surface area contributed by atoms with Gasteiger partial charge in [0.15, 0.2) is 0 Å². The molecule has 0 spiro atoms. The number of rotatable bonds is 2. The number of nitrogens with zero attached hydrogens (tertiary/aromatic N) is 3. The fraction of sp³-hybridized carbons (Fsp3) is 0.611. The molecular weight excluding hydrogens is 274 g/mol.